The number of hydrogen-bond acceptors (Lipinski definition) is 5. The van der Waals surface area contributed by atoms with Gasteiger partial charge in [-0.15, -0.1) is 0 Å². The lowest BCUT2D eigenvalue weighted by atomic mass is 10.1. The third-order valence-corrected chi connectivity index (χ3v) is 3.57. The molecule has 0 saturated heterocycles. The summed E-state index contributed by atoms with van der Waals surface area (Å²) in [5.41, 5.74) is 1.20. The van der Waals surface area contributed by atoms with Gasteiger partial charge in [0.15, 0.2) is 0 Å². The maximum atomic E-state index is 9.31. The van der Waals surface area contributed by atoms with Crippen LogP contribution in [0.25, 0.3) is 0 Å². The standard InChI is InChI=1S/C15H26N4O/c1-3-5-13-14(16-8-4-2)17-11-18-15(13)19(9-10-20)12-6-7-12/h11-12,20H,3-10H2,1-2H3,(H,16,17,18). The first kappa shape index (κ1) is 15.0. The van der Waals surface area contributed by atoms with Crippen LogP contribution in [0.5, 0.6) is 0 Å². The van der Waals surface area contributed by atoms with Crippen molar-refractivity contribution in [3.63, 3.8) is 0 Å². The summed E-state index contributed by atoms with van der Waals surface area (Å²) >= 11 is 0. The van der Waals surface area contributed by atoms with Gasteiger partial charge in [-0.3, -0.25) is 0 Å². The van der Waals surface area contributed by atoms with E-state index in [0.717, 1.165) is 37.4 Å². The zero-order valence-corrected chi connectivity index (χ0v) is 12.6. The van der Waals surface area contributed by atoms with E-state index in [4.69, 9.17) is 0 Å². The smallest absolute Gasteiger partial charge is 0.137 e. The zero-order valence-electron chi connectivity index (χ0n) is 12.6. The van der Waals surface area contributed by atoms with Crippen molar-refractivity contribution >= 4 is 11.6 Å². The number of aliphatic hydroxyl groups is 1. The minimum atomic E-state index is 0.170. The highest BCUT2D eigenvalue weighted by Crippen LogP contribution is 2.34. The fraction of sp³-hybridized carbons (Fsp3) is 0.733. The van der Waals surface area contributed by atoms with Gasteiger partial charge in [0, 0.05) is 24.7 Å². The predicted molar refractivity (Wildman–Crippen MR) is 82.3 cm³/mol. The van der Waals surface area contributed by atoms with E-state index in [1.54, 1.807) is 6.33 Å². The van der Waals surface area contributed by atoms with Gasteiger partial charge in [-0.1, -0.05) is 20.3 Å². The number of anilines is 2. The molecule has 2 rings (SSSR count). The lowest BCUT2D eigenvalue weighted by Crippen LogP contribution is -2.31. The van der Waals surface area contributed by atoms with E-state index < -0.39 is 0 Å². The van der Waals surface area contributed by atoms with E-state index in [9.17, 15) is 5.11 Å². The molecular weight excluding hydrogens is 252 g/mol. The van der Waals surface area contributed by atoms with Crippen molar-refractivity contribution in [3.05, 3.63) is 11.9 Å². The Labute approximate surface area is 121 Å². The second kappa shape index (κ2) is 7.43. The molecule has 1 heterocycles. The molecule has 2 N–H and O–H groups in total. The molecule has 1 aliphatic rings. The van der Waals surface area contributed by atoms with Gasteiger partial charge < -0.3 is 15.3 Å². The number of nitrogens with one attached hydrogen (secondary N) is 1. The summed E-state index contributed by atoms with van der Waals surface area (Å²) in [6, 6.07) is 0.548. The van der Waals surface area contributed by atoms with Crippen molar-refractivity contribution in [1.29, 1.82) is 0 Å². The molecule has 0 amide bonds. The Kier molecular flexibility index (Phi) is 5.59. The average molecular weight is 278 g/mol. The van der Waals surface area contributed by atoms with E-state index in [0.29, 0.717) is 12.6 Å². The molecule has 1 aliphatic carbocycles. The molecule has 1 fully saturated rings. The van der Waals surface area contributed by atoms with E-state index in [2.05, 4.69) is 34.0 Å². The lowest BCUT2D eigenvalue weighted by Gasteiger charge is -2.26. The summed E-state index contributed by atoms with van der Waals surface area (Å²) < 4.78 is 0. The summed E-state index contributed by atoms with van der Waals surface area (Å²) in [6.07, 6.45) is 7.16. The van der Waals surface area contributed by atoms with Crippen LogP contribution in [0.2, 0.25) is 0 Å². The van der Waals surface area contributed by atoms with Crippen LogP contribution in [-0.2, 0) is 6.42 Å². The normalized spacial score (nSPS) is 14.3. The van der Waals surface area contributed by atoms with Crippen LogP contribution in [0.1, 0.15) is 45.1 Å². The zero-order chi connectivity index (χ0) is 14.4. The summed E-state index contributed by atoms with van der Waals surface area (Å²) in [5, 5.41) is 12.7. The van der Waals surface area contributed by atoms with Gasteiger partial charge in [0.05, 0.1) is 6.61 Å². The fourth-order valence-corrected chi connectivity index (χ4v) is 2.48. The van der Waals surface area contributed by atoms with Gasteiger partial charge in [-0.05, 0) is 25.7 Å². The number of rotatable bonds is 9. The first-order valence-corrected chi connectivity index (χ1v) is 7.77. The molecule has 5 heteroatoms. The van der Waals surface area contributed by atoms with Crippen LogP contribution in [0.15, 0.2) is 6.33 Å². The summed E-state index contributed by atoms with van der Waals surface area (Å²) in [5.74, 6) is 1.97. The molecule has 0 radical (unpaired) electrons. The van der Waals surface area contributed by atoms with Crippen molar-refractivity contribution < 1.29 is 5.11 Å². The largest absolute Gasteiger partial charge is 0.395 e. The molecule has 0 atom stereocenters. The molecule has 20 heavy (non-hydrogen) atoms. The van der Waals surface area contributed by atoms with Crippen molar-refractivity contribution in [2.24, 2.45) is 0 Å². The van der Waals surface area contributed by atoms with Crippen molar-refractivity contribution in [2.75, 3.05) is 29.9 Å². The van der Waals surface area contributed by atoms with Crippen LogP contribution in [0, 0.1) is 0 Å². The van der Waals surface area contributed by atoms with Crippen LogP contribution in [0.4, 0.5) is 11.6 Å². The highest BCUT2D eigenvalue weighted by molar-refractivity contribution is 5.60. The van der Waals surface area contributed by atoms with Gasteiger partial charge >= 0.3 is 0 Å². The minimum Gasteiger partial charge on any atom is -0.395 e. The number of nitrogens with zero attached hydrogens (tertiary/aromatic N) is 3. The van der Waals surface area contributed by atoms with Gasteiger partial charge in [0.2, 0.25) is 0 Å². The average Bonchev–Trinajstić information content (AvgIpc) is 3.28. The monoisotopic (exact) mass is 278 g/mol. The maximum absolute atomic E-state index is 9.31. The molecule has 1 aromatic rings. The Morgan fingerprint density at radius 1 is 1.30 bits per heavy atom. The SMILES string of the molecule is CCCNc1ncnc(N(CCO)C2CC2)c1CCC. The second-order valence-electron chi connectivity index (χ2n) is 5.35. The van der Waals surface area contributed by atoms with Crippen LogP contribution >= 0.6 is 0 Å². The van der Waals surface area contributed by atoms with Crippen molar-refractivity contribution in [2.45, 2.75) is 52.0 Å². The van der Waals surface area contributed by atoms with E-state index in [1.807, 2.05) is 0 Å². The third kappa shape index (κ3) is 3.60. The number of hydrogen-bond donors (Lipinski definition) is 2. The molecule has 0 unspecified atom stereocenters. The quantitative estimate of drug-likeness (QED) is 0.725. The van der Waals surface area contributed by atoms with E-state index in [-0.39, 0.29) is 6.61 Å². The Bertz CT molecular complexity index is 420. The Morgan fingerprint density at radius 2 is 2.10 bits per heavy atom. The minimum absolute atomic E-state index is 0.170. The van der Waals surface area contributed by atoms with Crippen LogP contribution in [0.3, 0.4) is 0 Å². The first-order valence-electron chi connectivity index (χ1n) is 7.77. The molecule has 1 saturated carbocycles. The van der Waals surface area contributed by atoms with E-state index >= 15 is 0 Å². The highest BCUT2D eigenvalue weighted by atomic mass is 16.3. The van der Waals surface area contributed by atoms with Crippen LogP contribution < -0.4 is 10.2 Å². The molecule has 5 nitrogen and oxygen atoms in total. The fourth-order valence-electron chi connectivity index (χ4n) is 2.48. The summed E-state index contributed by atoms with van der Waals surface area (Å²) in [6.45, 7) is 6.08. The van der Waals surface area contributed by atoms with Crippen molar-refractivity contribution in [3.8, 4) is 0 Å². The number of aliphatic hydroxyl groups excluding tert-OH is 1. The highest BCUT2D eigenvalue weighted by Gasteiger charge is 2.31. The van der Waals surface area contributed by atoms with Gasteiger partial charge in [-0.25, -0.2) is 9.97 Å². The summed E-state index contributed by atoms with van der Waals surface area (Å²) in [7, 11) is 0. The second-order valence-corrected chi connectivity index (χ2v) is 5.35. The molecular formula is C15H26N4O. The van der Waals surface area contributed by atoms with E-state index in [1.165, 1.54) is 18.4 Å². The molecule has 1 aromatic heterocycles. The summed E-state index contributed by atoms with van der Waals surface area (Å²) in [4.78, 5) is 11.2. The Hall–Kier alpha value is -1.36. The molecule has 0 spiro atoms. The number of aromatic nitrogens is 2. The van der Waals surface area contributed by atoms with Gasteiger partial charge in [-0.2, -0.15) is 0 Å². The molecule has 0 aliphatic heterocycles. The first-order chi connectivity index (χ1) is 9.81. The third-order valence-electron chi connectivity index (χ3n) is 3.57. The molecule has 0 aromatic carbocycles. The Balaban J connectivity index is 2.28. The van der Waals surface area contributed by atoms with Gasteiger partial charge in [0.1, 0.15) is 18.0 Å². The molecule has 0 bridgehead atoms. The molecule has 112 valence electrons. The van der Waals surface area contributed by atoms with Crippen LogP contribution in [-0.4, -0.2) is 40.8 Å². The lowest BCUT2D eigenvalue weighted by molar-refractivity contribution is 0.301. The maximum Gasteiger partial charge on any atom is 0.137 e. The Morgan fingerprint density at radius 3 is 2.70 bits per heavy atom. The van der Waals surface area contributed by atoms with Crippen molar-refractivity contribution in [1.82, 2.24) is 9.97 Å². The van der Waals surface area contributed by atoms with Gasteiger partial charge in [0.25, 0.3) is 0 Å². The topological polar surface area (TPSA) is 61.3 Å². The predicted octanol–water partition coefficient (Wildman–Crippen LogP) is 2.21.